The van der Waals surface area contributed by atoms with Crippen LogP contribution in [0.25, 0.3) is 11.0 Å². The largest absolute Gasteiger partial charge is 0.453 e. The van der Waals surface area contributed by atoms with Gasteiger partial charge in [-0.15, -0.1) is 0 Å². The molecule has 0 saturated heterocycles. The summed E-state index contributed by atoms with van der Waals surface area (Å²) in [5.41, 5.74) is 10.7. The van der Waals surface area contributed by atoms with Gasteiger partial charge < -0.3 is 20.4 Å². The van der Waals surface area contributed by atoms with Crippen molar-refractivity contribution in [3.8, 4) is 11.5 Å². The van der Waals surface area contributed by atoms with Crippen molar-refractivity contribution in [1.82, 2.24) is 19.9 Å². The van der Waals surface area contributed by atoms with E-state index in [-0.39, 0.29) is 18.1 Å². The zero-order chi connectivity index (χ0) is 22.9. The number of carbonyl (C=O) groups excluding carboxylic acids is 1. The van der Waals surface area contributed by atoms with Gasteiger partial charge in [0.1, 0.15) is 11.4 Å². The fourth-order valence-electron chi connectivity index (χ4n) is 4.28. The zero-order valence-corrected chi connectivity index (χ0v) is 18.2. The lowest BCUT2D eigenvalue weighted by Crippen LogP contribution is -2.46. The van der Waals surface area contributed by atoms with Gasteiger partial charge in [0.2, 0.25) is 5.91 Å². The second-order valence-electron chi connectivity index (χ2n) is 8.34. The maximum atomic E-state index is 14.8. The number of rotatable bonds is 5. The van der Waals surface area contributed by atoms with Gasteiger partial charge in [-0.05, 0) is 66.3 Å². The van der Waals surface area contributed by atoms with E-state index in [1.54, 1.807) is 35.5 Å². The summed E-state index contributed by atoms with van der Waals surface area (Å²) >= 11 is 0. The number of ether oxygens (including phenoxy) is 1. The van der Waals surface area contributed by atoms with Crippen molar-refractivity contribution in [3.05, 3.63) is 83.2 Å². The molecule has 8 heteroatoms. The Kier molecular flexibility index (Phi) is 5.51. The van der Waals surface area contributed by atoms with Gasteiger partial charge in [-0.25, -0.2) is 9.37 Å². The molecule has 1 aliphatic rings. The summed E-state index contributed by atoms with van der Waals surface area (Å²) in [5.74, 6) is -0.0177. The van der Waals surface area contributed by atoms with E-state index in [0.29, 0.717) is 30.0 Å². The Morgan fingerprint density at radius 1 is 1.24 bits per heavy atom. The summed E-state index contributed by atoms with van der Waals surface area (Å²) in [6, 6.07) is 7.58. The molecule has 3 N–H and O–H groups in total. The molecule has 7 nitrogen and oxygen atoms in total. The molecule has 0 unspecified atom stereocenters. The Morgan fingerprint density at radius 3 is 2.97 bits per heavy atom. The molecule has 0 aliphatic carbocycles. The predicted molar refractivity (Wildman–Crippen MR) is 122 cm³/mol. The number of H-pyrrole nitrogens is 1. The number of aryl methyl sites for hydroxylation is 1. The molecule has 33 heavy (non-hydrogen) atoms. The highest BCUT2D eigenvalue weighted by Gasteiger charge is 2.25. The Morgan fingerprint density at radius 2 is 2.12 bits per heavy atom. The summed E-state index contributed by atoms with van der Waals surface area (Å²) in [6.07, 6.45) is 8.02. The van der Waals surface area contributed by atoms with Crippen molar-refractivity contribution in [2.24, 2.45) is 5.73 Å². The number of nitrogens with one attached hydrogen (secondary N) is 1. The molecule has 0 spiro atoms. The standard InChI is InChI=1S/C25H24FN5O2/c1-15-12-30-24-23(15)22(5-8-29-24)33-21-3-2-16(10-19(21)26)11-20(27)25(32)31-9-6-17-13-28-7-4-18(17)14-31/h2-5,7-8,10,12-13,20H,6,9,11,14,27H2,1H3,(H,29,30)/t20-/m0/s1. The molecule has 4 heterocycles. The predicted octanol–water partition coefficient (Wildman–Crippen LogP) is 3.65. The molecule has 1 atom stereocenters. The van der Waals surface area contributed by atoms with Crippen molar-refractivity contribution in [3.63, 3.8) is 0 Å². The van der Waals surface area contributed by atoms with E-state index in [4.69, 9.17) is 10.5 Å². The van der Waals surface area contributed by atoms with E-state index in [2.05, 4.69) is 15.0 Å². The minimum atomic E-state index is -0.748. The molecule has 5 rings (SSSR count). The molecule has 0 radical (unpaired) electrons. The smallest absolute Gasteiger partial charge is 0.240 e. The highest BCUT2D eigenvalue weighted by atomic mass is 19.1. The lowest BCUT2D eigenvalue weighted by molar-refractivity contribution is -0.133. The number of amides is 1. The molecule has 4 aromatic rings. The van der Waals surface area contributed by atoms with Crippen molar-refractivity contribution >= 4 is 16.9 Å². The second kappa shape index (κ2) is 8.63. The average Bonchev–Trinajstić information content (AvgIpc) is 3.21. The van der Waals surface area contributed by atoms with Crippen molar-refractivity contribution < 1.29 is 13.9 Å². The number of hydrogen-bond acceptors (Lipinski definition) is 5. The highest BCUT2D eigenvalue weighted by Crippen LogP contribution is 2.32. The number of hydrogen-bond donors (Lipinski definition) is 2. The van der Waals surface area contributed by atoms with Crippen molar-refractivity contribution in [1.29, 1.82) is 0 Å². The normalized spacial score (nSPS) is 14.2. The number of carbonyl (C=O) groups is 1. The van der Waals surface area contributed by atoms with Gasteiger partial charge in [0, 0.05) is 37.9 Å². The maximum absolute atomic E-state index is 14.8. The third-order valence-electron chi connectivity index (χ3n) is 6.05. The first-order valence-electron chi connectivity index (χ1n) is 10.8. The van der Waals surface area contributed by atoms with Gasteiger partial charge in [0.15, 0.2) is 11.6 Å². The van der Waals surface area contributed by atoms with Crippen LogP contribution in [0.3, 0.4) is 0 Å². The molecule has 1 aromatic carbocycles. The van der Waals surface area contributed by atoms with Crippen LogP contribution in [0.15, 0.2) is 55.1 Å². The SMILES string of the molecule is Cc1c[nH]c2nccc(Oc3ccc(C[C@H](N)C(=O)N4CCc5cnccc5C4)cc3F)c12. The first kappa shape index (κ1) is 21.1. The van der Waals surface area contributed by atoms with Crippen LogP contribution in [0, 0.1) is 12.7 Å². The summed E-state index contributed by atoms with van der Waals surface area (Å²) in [6.45, 7) is 3.05. The monoisotopic (exact) mass is 445 g/mol. The third kappa shape index (κ3) is 4.17. The summed E-state index contributed by atoms with van der Waals surface area (Å²) < 4.78 is 20.7. The van der Waals surface area contributed by atoms with Gasteiger partial charge in [-0.2, -0.15) is 0 Å². The van der Waals surface area contributed by atoms with Crippen molar-refractivity contribution in [2.75, 3.05) is 6.54 Å². The molecular formula is C25H24FN5O2. The van der Waals surface area contributed by atoms with Gasteiger partial charge in [-0.3, -0.25) is 9.78 Å². The van der Waals surface area contributed by atoms with Gasteiger partial charge in [0.05, 0.1) is 11.4 Å². The van der Waals surface area contributed by atoms with Crippen LogP contribution in [0.4, 0.5) is 4.39 Å². The van der Waals surface area contributed by atoms with Gasteiger partial charge in [-0.1, -0.05) is 6.07 Å². The van der Waals surface area contributed by atoms with E-state index >= 15 is 0 Å². The van der Waals surface area contributed by atoms with Crippen molar-refractivity contribution in [2.45, 2.75) is 32.4 Å². The number of nitrogens with zero attached hydrogens (tertiary/aromatic N) is 3. The third-order valence-corrected chi connectivity index (χ3v) is 6.05. The number of pyridine rings is 2. The number of benzene rings is 1. The minimum Gasteiger partial charge on any atom is -0.453 e. The lowest BCUT2D eigenvalue weighted by Gasteiger charge is -2.30. The fraction of sp³-hybridized carbons (Fsp3) is 0.240. The Labute approximate surface area is 190 Å². The highest BCUT2D eigenvalue weighted by molar-refractivity contribution is 5.86. The molecule has 1 amide bonds. The van der Waals surface area contributed by atoms with Gasteiger partial charge in [0.25, 0.3) is 0 Å². The van der Waals surface area contributed by atoms with Crippen LogP contribution in [-0.2, 0) is 24.2 Å². The van der Waals surface area contributed by atoms with Crippen LogP contribution in [0.2, 0.25) is 0 Å². The van der Waals surface area contributed by atoms with Crippen LogP contribution >= 0.6 is 0 Å². The second-order valence-corrected chi connectivity index (χ2v) is 8.34. The van der Waals surface area contributed by atoms with Crippen LogP contribution < -0.4 is 10.5 Å². The molecule has 0 saturated carbocycles. The average molecular weight is 445 g/mol. The number of halogens is 1. The van der Waals surface area contributed by atoms with E-state index in [1.165, 1.54) is 6.07 Å². The van der Waals surface area contributed by atoms with Crippen LogP contribution in [0.5, 0.6) is 11.5 Å². The fourth-order valence-corrected chi connectivity index (χ4v) is 4.28. The molecular weight excluding hydrogens is 421 g/mol. The molecule has 0 fully saturated rings. The summed E-state index contributed by atoms with van der Waals surface area (Å²) in [4.78, 5) is 26.1. The number of nitrogens with two attached hydrogens (primary N) is 1. The van der Waals surface area contributed by atoms with E-state index < -0.39 is 11.9 Å². The Balaban J connectivity index is 1.27. The number of aromatic amines is 1. The lowest BCUT2D eigenvalue weighted by atomic mass is 10.00. The van der Waals surface area contributed by atoms with Gasteiger partial charge >= 0.3 is 0 Å². The summed E-state index contributed by atoms with van der Waals surface area (Å²) in [5, 5.41) is 0.812. The van der Waals surface area contributed by atoms with Crippen LogP contribution in [-0.4, -0.2) is 38.3 Å². The Bertz CT molecular complexity index is 1340. The quantitative estimate of drug-likeness (QED) is 0.489. The first-order valence-corrected chi connectivity index (χ1v) is 10.8. The van der Waals surface area contributed by atoms with Crippen LogP contribution in [0.1, 0.15) is 22.3 Å². The van der Waals surface area contributed by atoms with E-state index in [9.17, 15) is 9.18 Å². The number of fused-ring (bicyclic) bond motifs is 2. The molecule has 1 aliphatic heterocycles. The Hall–Kier alpha value is -3.78. The first-order chi connectivity index (χ1) is 16.0. The topological polar surface area (TPSA) is 97.1 Å². The van der Waals surface area contributed by atoms with E-state index in [1.807, 2.05) is 25.4 Å². The summed E-state index contributed by atoms with van der Waals surface area (Å²) in [7, 11) is 0. The molecule has 0 bridgehead atoms. The maximum Gasteiger partial charge on any atom is 0.240 e. The minimum absolute atomic E-state index is 0.105. The zero-order valence-electron chi connectivity index (χ0n) is 18.2. The molecule has 3 aromatic heterocycles. The number of aromatic nitrogens is 3. The van der Waals surface area contributed by atoms with E-state index in [0.717, 1.165) is 28.5 Å². The molecule has 168 valence electrons.